The van der Waals surface area contributed by atoms with E-state index in [9.17, 15) is 39.5 Å². The maximum atomic E-state index is 12.3. The number of fused-ring (bicyclic) bond motifs is 2. The fourth-order valence-corrected chi connectivity index (χ4v) is 6.57. The Morgan fingerprint density at radius 2 is 1.00 bits per heavy atom. The van der Waals surface area contributed by atoms with Gasteiger partial charge >= 0.3 is 18.5 Å². The number of nitrogens with one attached hydrogen (secondary N) is 3. The molecule has 0 bridgehead atoms. The van der Waals surface area contributed by atoms with Gasteiger partial charge in [-0.3, -0.25) is 15.0 Å². The highest BCUT2D eigenvalue weighted by Crippen LogP contribution is 2.29. The van der Waals surface area contributed by atoms with Gasteiger partial charge in [0, 0.05) is 62.4 Å². The second-order valence-electron chi connectivity index (χ2n) is 13.3. The monoisotopic (exact) mass is 1150 g/mol. The number of halogens is 14. The number of ether oxygens (including phenoxy) is 3. The number of alkyl halides is 10. The molecule has 0 fully saturated rings. The van der Waals surface area contributed by atoms with Crippen molar-refractivity contribution in [1.29, 1.82) is 0 Å². The first-order valence-corrected chi connectivity index (χ1v) is 23.7. The van der Waals surface area contributed by atoms with Gasteiger partial charge in [-0.25, -0.2) is 9.19 Å². The largest absolute Gasteiger partial charge is 0.484 e. The van der Waals surface area contributed by atoms with Crippen molar-refractivity contribution in [2.75, 3.05) is 19.8 Å². The first kappa shape index (κ1) is 63.7. The Morgan fingerprint density at radius 3 is 1.40 bits per heavy atom. The molecule has 0 atom stereocenters. The van der Waals surface area contributed by atoms with E-state index in [0.717, 1.165) is 27.2 Å². The fraction of sp³-hybridized carbons (Fsp3) is 0.293. The van der Waals surface area contributed by atoms with Crippen molar-refractivity contribution in [1.82, 2.24) is 34.9 Å². The molecule has 0 saturated heterocycles. The number of nitrogens with zero attached hydrogens (tertiary/aromatic N) is 4. The van der Waals surface area contributed by atoms with Gasteiger partial charge in [0.05, 0.1) is 51.6 Å². The number of hydrogen-bond acceptors (Lipinski definition) is 11. The van der Waals surface area contributed by atoms with E-state index in [1.807, 2.05) is 48.5 Å². The number of benzene rings is 2. The van der Waals surface area contributed by atoms with E-state index in [2.05, 4.69) is 65.7 Å². The van der Waals surface area contributed by atoms with Crippen LogP contribution >= 0.6 is 81.8 Å². The molecule has 5 heterocycles. The number of aliphatic hydroxyl groups is 1. The Morgan fingerprint density at radius 1 is 0.629 bits per heavy atom. The molecule has 29 heteroatoms. The van der Waals surface area contributed by atoms with Gasteiger partial charge < -0.3 is 34.3 Å². The van der Waals surface area contributed by atoms with Crippen LogP contribution in [-0.2, 0) is 27.5 Å². The number of thioether (sulfide) groups is 1. The van der Waals surface area contributed by atoms with Crippen LogP contribution < -0.4 is 14.2 Å². The summed E-state index contributed by atoms with van der Waals surface area (Å²) < 4.78 is 132. The zero-order valence-corrected chi connectivity index (χ0v) is 42.6. The summed E-state index contributed by atoms with van der Waals surface area (Å²) in [4.78, 5) is 25.6. The highest BCUT2D eigenvalue weighted by Gasteiger charge is 2.30. The molecule has 0 aliphatic carbocycles. The summed E-state index contributed by atoms with van der Waals surface area (Å²) in [5.41, 5.74) is 7.00. The van der Waals surface area contributed by atoms with E-state index in [4.69, 9.17) is 37.9 Å². The highest BCUT2D eigenvalue weighted by molar-refractivity contribution is 8.26. The highest BCUT2D eigenvalue weighted by atomic mass is 36.0. The Kier molecular flexibility index (Phi) is 27.8. The Balaban J connectivity index is 0.000000469. The third-order valence-corrected chi connectivity index (χ3v) is 9.71. The van der Waals surface area contributed by atoms with E-state index in [-0.39, 0.29) is 54.5 Å². The second-order valence-corrected chi connectivity index (χ2v) is 17.5. The van der Waals surface area contributed by atoms with Crippen LogP contribution in [0.2, 0.25) is 0 Å². The van der Waals surface area contributed by atoms with E-state index < -0.39 is 47.6 Å². The predicted molar refractivity (Wildman–Crippen MR) is 261 cm³/mol. The molecule has 0 spiro atoms. The Bertz CT molecular complexity index is 2610. The van der Waals surface area contributed by atoms with Crippen molar-refractivity contribution in [3.8, 4) is 17.2 Å². The van der Waals surface area contributed by atoms with E-state index in [0.29, 0.717) is 44.3 Å². The van der Waals surface area contributed by atoms with Crippen molar-refractivity contribution in [3.63, 3.8) is 0 Å². The van der Waals surface area contributed by atoms with E-state index in [1.54, 1.807) is 20.8 Å². The average molecular weight is 1160 g/mol. The SMILES string of the molecule is Cc1c(OCC(F)(F)F)ccnc1CCl.Cc1c(OCC(F)(F)F)ccnc1CO.Cc1c(OCC(F)(F)F)ccnc1CSc1nc2ccccc2[nH]1.Cl.Cl.O=S(Cl)Cl.S=c1[nH]c2ccccc2[nH]1. The van der Waals surface area contributed by atoms with Crippen molar-refractivity contribution in [3.05, 3.63) is 124 Å². The van der Waals surface area contributed by atoms with Gasteiger partial charge in [-0.1, -0.05) is 36.0 Å². The molecule has 7 rings (SSSR count). The molecule has 0 saturated carbocycles. The van der Waals surface area contributed by atoms with Crippen molar-refractivity contribution >= 4 is 113 Å². The molecule has 7 aromatic rings. The molecule has 0 aliphatic rings. The molecule has 0 radical (unpaired) electrons. The van der Waals surface area contributed by atoms with Crippen LogP contribution in [0, 0.1) is 25.5 Å². The molecule has 0 aliphatic heterocycles. The van der Waals surface area contributed by atoms with Crippen LogP contribution in [0.15, 0.2) is 90.5 Å². The number of aliphatic hydroxyl groups excluding tert-OH is 1. The molecule has 4 N–H and O–H groups in total. The van der Waals surface area contributed by atoms with E-state index >= 15 is 0 Å². The van der Waals surface area contributed by atoms with Gasteiger partial charge in [-0.2, -0.15) is 39.5 Å². The van der Waals surface area contributed by atoms with Gasteiger partial charge in [0.25, 0.3) is 0 Å². The third kappa shape index (κ3) is 23.8. The Hall–Kier alpha value is -4.27. The van der Waals surface area contributed by atoms with Crippen LogP contribution in [-0.4, -0.2) is 82.6 Å². The lowest BCUT2D eigenvalue weighted by molar-refractivity contribution is -0.154. The third-order valence-electron chi connectivity index (χ3n) is 8.36. The maximum Gasteiger partial charge on any atom is 0.422 e. The summed E-state index contributed by atoms with van der Waals surface area (Å²) in [5.74, 6) is 1.08. The lowest BCUT2D eigenvalue weighted by Gasteiger charge is -2.13. The summed E-state index contributed by atoms with van der Waals surface area (Å²) in [6.07, 6.45) is -8.95. The predicted octanol–water partition coefficient (Wildman–Crippen LogP) is 13.5. The molecule has 5 aromatic heterocycles. The molecule has 12 nitrogen and oxygen atoms in total. The second kappa shape index (κ2) is 30.6. The van der Waals surface area contributed by atoms with Crippen LogP contribution in [0.1, 0.15) is 33.8 Å². The standard InChI is InChI=1S/C16H14F3N3OS.C9H9ClF3NO.C9H10F3NO2.C7H6N2S.Cl2OS.2ClH/c1-10-13(20-7-6-14(10)23-9-16(17,18)19)8-24-15-21-11-4-2-3-5-12(11)22-15;1-6-7(4-10)14-3-2-8(6)15-5-9(11,12)13;1-6-7(4-14)13-3-2-8(6)15-5-9(10,11)12;10-7-8-5-3-1-2-4-6(5)9-7;1-4(2)3;;/h2-7H,8-9H2,1H3,(H,21,22);2-3H,4-5H2,1H3;2-3,14H,4-5H2,1H3;1-4H,(H2,8,9,10);;2*1H. The molecule has 70 heavy (non-hydrogen) atoms. The van der Waals surface area contributed by atoms with Crippen LogP contribution in [0.5, 0.6) is 17.2 Å². The van der Waals surface area contributed by atoms with Gasteiger partial charge in [-0.05, 0) is 75.5 Å². The zero-order chi connectivity index (χ0) is 50.7. The molecule has 2 aromatic carbocycles. The summed E-state index contributed by atoms with van der Waals surface area (Å²) in [5, 5.41) is 9.57. The summed E-state index contributed by atoms with van der Waals surface area (Å²) in [6.45, 7) is 0.583. The first-order valence-electron chi connectivity index (χ1n) is 19.0. The summed E-state index contributed by atoms with van der Waals surface area (Å²) in [7, 11) is 7.36. The minimum Gasteiger partial charge on any atom is -0.484 e. The summed E-state index contributed by atoms with van der Waals surface area (Å²) in [6, 6.07) is 19.7. The van der Waals surface area contributed by atoms with Crippen LogP contribution in [0.3, 0.4) is 0 Å². The fourth-order valence-electron chi connectivity index (χ4n) is 5.18. The maximum absolute atomic E-state index is 12.3. The van der Waals surface area contributed by atoms with E-state index in [1.165, 1.54) is 48.6 Å². The van der Waals surface area contributed by atoms with Crippen molar-refractivity contribution in [2.45, 2.75) is 62.7 Å². The molecule has 0 amide bonds. The molecular weight excluding hydrogens is 1110 g/mol. The lowest BCUT2D eigenvalue weighted by Crippen LogP contribution is -2.19. The van der Waals surface area contributed by atoms with Crippen LogP contribution in [0.4, 0.5) is 39.5 Å². The van der Waals surface area contributed by atoms with Gasteiger partial charge in [0.2, 0.25) is 9.23 Å². The smallest absolute Gasteiger partial charge is 0.422 e. The number of pyridine rings is 3. The zero-order valence-electron chi connectivity index (χ0n) is 36.3. The first-order chi connectivity index (χ1) is 31.9. The van der Waals surface area contributed by atoms with Gasteiger partial charge in [0.15, 0.2) is 29.7 Å². The lowest BCUT2D eigenvalue weighted by atomic mass is 10.2. The normalized spacial score (nSPS) is 11.0. The molecule has 386 valence electrons. The summed E-state index contributed by atoms with van der Waals surface area (Å²) >= 11 is 11.9. The molecule has 0 unspecified atom stereocenters. The quantitative estimate of drug-likeness (QED) is 0.0320. The number of imidazole rings is 2. The number of aromatic amines is 3. The minimum absolute atomic E-state index is 0. The number of aromatic nitrogens is 7. The number of rotatable bonds is 11. The minimum atomic E-state index is -4.37. The van der Waals surface area contributed by atoms with Crippen LogP contribution in [0.25, 0.3) is 22.1 Å². The average Bonchev–Trinajstić information content (AvgIpc) is 3.87. The number of H-pyrrole nitrogens is 3. The van der Waals surface area contributed by atoms with Crippen molar-refractivity contribution in [2.24, 2.45) is 0 Å². The Labute approximate surface area is 432 Å². The van der Waals surface area contributed by atoms with Gasteiger partial charge in [-0.15, -0.1) is 36.4 Å². The number of hydrogen-bond donors (Lipinski definition) is 4. The van der Waals surface area contributed by atoms with Crippen molar-refractivity contribution < 1.29 is 63.0 Å². The topological polar surface area (TPSA) is 164 Å². The van der Waals surface area contributed by atoms with Gasteiger partial charge in [0.1, 0.15) is 17.2 Å². The molecular formula is C41H41Cl5F9N7O5S3. The number of para-hydroxylation sites is 4.